The molecule has 3 rings (SSSR count). The lowest BCUT2D eigenvalue weighted by Crippen LogP contribution is -2.46. The van der Waals surface area contributed by atoms with Gasteiger partial charge in [0.2, 0.25) is 5.91 Å². The first-order valence-corrected chi connectivity index (χ1v) is 10.1. The summed E-state index contributed by atoms with van der Waals surface area (Å²) in [6, 6.07) is 13.9. The summed E-state index contributed by atoms with van der Waals surface area (Å²) in [5.74, 6) is -0.369. The molecule has 1 heterocycles. The Hall–Kier alpha value is -3.12. The third-order valence-corrected chi connectivity index (χ3v) is 4.98. The van der Waals surface area contributed by atoms with Crippen LogP contribution in [0.3, 0.4) is 0 Å². The monoisotopic (exact) mass is 426 g/mol. The molecule has 0 unspecified atom stereocenters. The SMILES string of the molecule is CC(=O)Oc1cccc(C(=O)N2CCC(NC(=O)/C=C/c3cccc(Cl)c3)CC2)c1. The number of likely N-dealkylation sites (tertiary alicyclic amines) is 1. The van der Waals surface area contributed by atoms with E-state index >= 15 is 0 Å². The van der Waals surface area contributed by atoms with Crippen molar-refractivity contribution >= 4 is 35.5 Å². The largest absolute Gasteiger partial charge is 0.427 e. The van der Waals surface area contributed by atoms with Crippen LogP contribution < -0.4 is 10.1 Å². The Morgan fingerprint density at radius 1 is 1.10 bits per heavy atom. The molecule has 0 spiro atoms. The number of hydrogen-bond acceptors (Lipinski definition) is 4. The summed E-state index contributed by atoms with van der Waals surface area (Å²) >= 11 is 5.94. The average molecular weight is 427 g/mol. The molecule has 2 amide bonds. The predicted molar refractivity (Wildman–Crippen MR) is 115 cm³/mol. The number of esters is 1. The molecule has 30 heavy (non-hydrogen) atoms. The number of nitrogens with one attached hydrogen (secondary N) is 1. The molecular formula is C23H23ClN2O4. The van der Waals surface area contributed by atoms with E-state index in [1.807, 2.05) is 12.1 Å². The lowest BCUT2D eigenvalue weighted by atomic mass is 10.0. The van der Waals surface area contributed by atoms with E-state index in [0.717, 1.165) is 5.56 Å². The molecular weight excluding hydrogens is 404 g/mol. The minimum atomic E-state index is -0.430. The zero-order chi connectivity index (χ0) is 21.5. The van der Waals surface area contributed by atoms with Crippen LogP contribution in [0.25, 0.3) is 6.08 Å². The van der Waals surface area contributed by atoms with Crippen LogP contribution in [0.2, 0.25) is 5.02 Å². The Kier molecular flexibility index (Phi) is 7.25. The summed E-state index contributed by atoms with van der Waals surface area (Å²) in [6.07, 6.45) is 4.55. The number of hydrogen-bond donors (Lipinski definition) is 1. The Morgan fingerprint density at radius 3 is 2.53 bits per heavy atom. The molecule has 0 aliphatic carbocycles. The van der Waals surface area contributed by atoms with Gasteiger partial charge < -0.3 is 15.0 Å². The van der Waals surface area contributed by atoms with Gasteiger partial charge in [-0.1, -0.05) is 29.8 Å². The third kappa shape index (κ3) is 6.19. The van der Waals surface area contributed by atoms with E-state index < -0.39 is 5.97 Å². The second-order valence-corrected chi connectivity index (χ2v) is 7.52. The van der Waals surface area contributed by atoms with Gasteiger partial charge in [0.15, 0.2) is 0 Å². The molecule has 6 nitrogen and oxygen atoms in total. The summed E-state index contributed by atoms with van der Waals surface area (Å²) in [5.41, 5.74) is 1.33. The Labute approximate surface area is 180 Å². The highest BCUT2D eigenvalue weighted by Crippen LogP contribution is 2.18. The first kappa shape index (κ1) is 21.6. The van der Waals surface area contributed by atoms with E-state index in [1.165, 1.54) is 13.0 Å². The van der Waals surface area contributed by atoms with Crippen molar-refractivity contribution in [2.45, 2.75) is 25.8 Å². The van der Waals surface area contributed by atoms with Gasteiger partial charge in [0, 0.05) is 42.7 Å². The molecule has 1 fully saturated rings. The van der Waals surface area contributed by atoms with Crippen LogP contribution in [-0.4, -0.2) is 41.8 Å². The van der Waals surface area contributed by atoms with Crippen molar-refractivity contribution in [3.8, 4) is 5.75 Å². The second kappa shape index (κ2) is 10.1. The average Bonchev–Trinajstić information content (AvgIpc) is 2.72. The van der Waals surface area contributed by atoms with Crippen molar-refractivity contribution < 1.29 is 19.1 Å². The van der Waals surface area contributed by atoms with E-state index in [2.05, 4.69) is 5.32 Å². The zero-order valence-corrected chi connectivity index (χ0v) is 17.4. The molecule has 0 saturated carbocycles. The first-order valence-electron chi connectivity index (χ1n) is 9.72. The van der Waals surface area contributed by atoms with Crippen molar-refractivity contribution in [2.75, 3.05) is 13.1 Å². The molecule has 0 atom stereocenters. The van der Waals surface area contributed by atoms with Gasteiger partial charge in [0.05, 0.1) is 0 Å². The number of piperidine rings is 1. The molecule has 0 bridgehead atoms. The number of ether oxygens (including phenoxy) is 1. The number of halogens is 1. The van der Waals surface area contributed by atoms with Crippen LogP contribution in [-0.2, 0) is 9.59 Å². The van der Waals surface area contributed by atoms with Crippen molar-refractivity contribution in [3.05, 3.63) is 70.8 Å². The van der Waals surface area contributed by atoms with E-state index in [9.17, 15) is 14.4 Å². The van der Waals surface area contributed by atoms with Gasteiger partial charge in [-0.2, -0.15) is 0 Å². The molecule has 2 aromatic carbocycles. The second-order valence-electron chi connectivity index (χ2n) is 7.08. The maximum Gasteiger partial charge on any atom is 0.308 e. The molecule has 1 N–H and O–H groups in total. The summed E-state index contributed by atoms with van der Waals surface area (Å²) in [7, 11) is 0. The lowest BCUT2D eigenvalue weighted by molar-refractivity contribution is -0.131. The maximum absolute atomic E-state index is 12.7. The van der Waals surface area contributed by atoms with Gasteiger partial charge in [-0.15, -0.1) is 0 Å². The molecule has 0 radical (unpaired) electrons. The van der Waals surface area contributed by atoms with Crippen LogP contribution in [0.5, 0.6) is 5.75 Å². The molecule has 1 saturated heterocycles. The number of carbonyl (C=O) groups excluding carboxylic acids is 3. The minimum absolute atomic E-state index is 0.0120. The zero-order valence-electron chi connectivity index (χ0n) is 16.6. The summed E-state index contributed by atoms with van der Waals surface area (Å²) in [4.78, 5) is 37.8. The standard InChI is InChI=1S/C23H23ClN2O4/c1-16(27)30-21-7-3-5-18(15-21)23(29)26-12-10-20(11-13-26)25-22(28)9-8-17-4-2-6-19(24)14-17/h2-9,14-15,20H,10-13H2,1H3,(H,25,28)/b9-8+. The summed E-state index contributed by atoms with van der Waals surface area (Å²) < 4.78 is 5.04. The van der Waals surface area contributed by atoms with Gasteiger partial charge in [0.25, 0.3) is 5.91 Å². The van der Waals surface area contributed by atoms with Crippen LogP contribution in [0.1, 0.15) is 35.7 Å². The van der Waals surface area contributed by atoms with Crippen LogP contribution in [0.4, 0.5) is 0 Å². The summed E-state index contributed by atoms with van der Waals surface area (Å²) in [5, 5.41) is 3.60. The predicted octanol–water partition coefficient (Wildman–Crippen LogP) is 3.70. The maximum atomic E-state index is 12.7. The highest BCUT2D eigenvalue weighted by Gasteiger charge is 2.24. The van der Waals surface area contributed by atoms with E-state index in [0.29, 0.717) is 42.3 Å². The van der Waals surface area contributed by atoms with E-state index in [4.69, 9.17) is 16.3 Å². The minimum Gasteiger partial charge on any atom is -0.427 e. The quantitative estimate of drug-likeness (QED) is 0.449. The highest BCUT2D eigenvalue weighted by molar-refractivity contribution is 6.30. The molecule has 1 aliphatic heterocycles. The number of amides is 2. The number of rotatable bonds is 5. The molecule has 7 heteroatoms. The van der Waals surface area contributed by atoms with Crippen LogP contribution in [0.15, 0.2) is 54.6 Å². The topological polar surface area (TPSA) is 75.7 Å². The Bertz CT molecular complexity index is 965. The van der Waals surface area contributed by atoms with E-state index in [-0.39, 0.29) is 17.9 Å². The number of benzene rings is 2. The van der Waals surface area contributed by atoms with Crippen molar-refractivity contribution in [1.82, 2.24) is 10.2 Å². The van der Waals surface area contributed by atoms with Crippen molar-refractivity contribution in [1.29, 1.82) is 0 Å². The fourth-order valence-electron chi connectivity index (χ4n) is 3.30. The van der Waals surface area contributed by atoms with Crippen molar-refractivity contribution in [3.63, 3.8) is 0 Å². The molecule has 0 aromatic heterocycles. The smallest absolute Gasteiger partial charge is 0.308 e. The van der Waals surface area contributed by atoms with Gasteiger partial charge in [-0.05, 0) is 54.8 Å². The highest BCUT2D eigenvalue weighted by atomic mass is 35.5. The van der Waals surface area contributed by atoms with Crippen LogP contribution >= 0.6 is 11.6 Å². The summed E-state index contributed by atoms with van der Waals surface area (Å²) in [6.45, 7) is 2.40. The van der Waals surface area contributed by atoms with Gasteiger partial charge in [0.1, 0.15) is 5.75 Å². The fraction of sp³-hybridized carbons (Fsp3) is 0.261. The van der Waals surface area contributed by atoms with Gasteiger partial charge >= 0.3 is 5.97 Å². The molecule has 1 aliphatic rings. The Morgan fingerprint density at radius 2 is 1.83 bits per heavy atom. The number of nitrogens with zero attached hydrogens (tertiary/aromatic N) is 1. The van der Waals surface area contributed by atoms with Gasteiger partial charge in [-0.3, -0.25) is 14.4 Å². The first-order chi connectivity index (χ1) is 14.4. The van der Waals surface area contributed by atoms with E-state index in [1.54, 1.807) is 47.4 Å². The fourth-order valence-corrected chi connectivity index (χ4v) is 3.50. The van der Waals surface area contributed by atoms with Crippen LogP contribution in [0, 0.1) is 0 Å². The van der Waals surface area contributed by atoms with Crippen molar-refractivity contribution in [2.24, 2.45) is 0 Å². The molecule has 2 aromatic rings. The van der Waals surface area contributed by atoms with Gasteiger partial charge in [-0.25, -0.2) is 0 Å². The molecule has 156 valence electrons. The lowest BCUT2D eigenvalue weighted by Gasteiger charge is -2.32. The normalized spacial score (nSPS) is 14.5. The Balaban J connectivity index is 1.50. The third-order valence-electron chi connectivity index (χ3n) is 4.75. The number of carbonyl (C=O) groups is 3.